The van der Waals surface area contributed by atoms with Crippen LogP contribution in [0.2, 0.25) is 0 Å². The molecule has 1 N–H and O–H groups in total. The van der Waals surface area contributed by atoms with Gasteiger partial charge in [-0.2, -0.15) is 0 Å². The van der Waals surface area contributed by atoms with Crippen LogP contribution in [0.4, 0.5) is 0 Å². The molecule has 0 aromatic heterocycles. The maximum absolute atomic E-state index is 10.7. The summed E-state index contributed by atoms with van der Waals surface area (Å²) in [6, 6.07) is 0. The van der Waals surface area contributed by atoms with Gasteiger partial charge >= 0.3 is 5.97 Å². The molecule has 0 aliphatic rings. The van der Waals surface area contributed by atoms with Crippen LogP contribution in [0, 0.1) is 0 Å². The lowest BCUT2D eigenvalue weighted by molar-refractivity contribution is -0.134. The van der Waals surface area contributed by atoms with Crippen molar-refractivity contribution in [2.75, 3.05) is 12.9 Å². The normalized spacial score (nSPS) is 11.2. The highest BCUT2D eigenvalue weighted by Gasteiger charge is 2.10. The predicted octanol–water partition coefficient (Wildman–Crippen LogP) is 0.700. The largest absolute Gasteiger partial charge is 0.461 e. The average Bonchev–Trinajstić information content (AvgIpc) is 1.91. The van der Waals surface area contributed by atoms with Crippen LogP contribution in [0.25, 0.3) is 0 Å². The third-order valence-electron chi connectivity index (χ3n) is 0.734. The van der Waals surface area contributed by atoms with Crippen molar-refractivity contribution >= 4 is 22.8 Å². The second-order valence-corrected chi connectivity index (χ2v) is 2.12. The average molecular weight is 163 g/mol. The Morgan fingerprint density at radius 3 is 2.70 bits per heavy atom. The van der Waals surface area contributed by atoms with Crippen LogP contribution in [-0.4, -0.2) is 29.1 Å². The molecule has 10 heavy (non-hydrogen) atoms. The number of rotatable bonds is 1. The Balaban J connectivity index is 3.91. The summed E-state index contributed by atoms with van der Waals surface area (Å²) in [4.78, 5) is 10.7. The first-order valence-corrected chi connectivity index (χ1v) is 3.91. The van der Waals surface area contributed by atoms with E-state index in [0.29, 0.717) is 6.61 Å². The number of thioether (sulfide) groups is 1. The summed E-state index contributed by atoms with van der Waals surface area (Å²) in [7, 11) is 0. The number of carbonyl (C=O) groups excluding carboxylic acids is 1. The number of esters is 1. The van der Waals surface area contributed by atoms with Crippen molar-refractivity contribution in [3.05, 3.63) is 0 Å². The fourth-order valence-electron chi connectivity index (χ4n) is 0.358. The molecule has 58 valence electrons. The Bertz CT molecular complexity index is 146. The van der Waals surface area contributed by atoms with Gasteiger partial charge in [0.25, 0.3) is 0 Å². The van der Waals surface area contributed by atoms with Crippen molar-refractivity contribution in [2.24, 2.45) is 5.16 Å². The summed E-state index contributed by atoms with van der Waals surface area (Å²) < 4.78 is 4.54. The monoisotopic (exact) mass is 163 g/mol. The maximum Gasteiger partial charge on any atom is 0.367 e. The summed E-state index contributed by atoms with van der Waals surface area (Å²) >= 11 is 1.04. The number of oxime groups is 1. The molecule has 0 bridgehead atoms. The molecule has 4 nitrogen and oxygen atoms in total. The molecule has 0 aliphatic heterocycles. The molecule has 0 atom stereocenters. The van der Waals surface area contributed by atoms with Crippen LogP contribution in [0.1, 0.15) is 6.92 Å². The van der Waals surface area contributed by atoms with E-state index in [4.69, 9.17) is 5.21 Å². The molecule has 0 saturated carbocycles. The van der Waals surface area contributed by atoms with Gasteiger partial charge in [0.1, 0.15) is 0 Å². The molecule has 0 amide bonds. The quantitative estimate of drug-likeness (QED) is 0.203. The third kappa shape index (κ3) is 2.72. The topological polar surface area (TPSA) is 58.9 Å². The van der Waals surface area contributed by atoms with Gasteiger partial charge in [-0.25, -0.2) is 4.79 Å². The zero-order valence-corrected chi connectivity index (χ0v) is 6.64. The fourth-order valence-corrected chi connectivity index (χ4v) is 0.665. The summed E-state index contributed by atoms with van der Waals surface area (Å²) in [6.45, 7) is 1.98. The molecular formula is C5H9NO3S. The molecule has 0 heterocycles. The third-order valence-corrected chi connectivity index (χ3v) is 1.37. The van der Waals surface area contributed by atoms with Gasteiger partial charge in [0.15, 0.2) is 0 Å². The summed E-state index contributed by atoms with van der Waals surface area (Å²) in [5, 5.41) is 10.9. The van der Waals surface area contributed by atoms with Crippen molar-refractivity contribution in [1.82, 2.24) is 0 Å². The van der Waals surface area contributed by atoms with Crippen molar-refractivity contribution in [3.8, 4) is 0 Å². The molecule has 0 aliphatic carbocycles. The van der Waals surface area contributed by atoms with Gasteiger partial charge < -0.3 is 9.94 Å². The number of ether oxygens (including phenoxy) is 1. The zero-order chi connectivity index (χ0) is 7.98. The van der Waals surface area contributed by atoms with Crippen LogP contribution in [0.5, 0.6) is 0 Å². The lowest BCUT2D eigenvalue weighted by atomic mass is 10.7. The van der Waals surface area contributed by atoms with E-state index >= 15 is 0 Å². The molecule has 0 fully saturated rings. The van der Waals surface area contributed by atoms with Crippen LogP contribution in [0.15, 0.2) is 5.16 Å². The van der Waals surface area contributed by atoms with E-state index in [2.05, 4.69) is 9.89 Å². The molecule has 0 rings (SSSR count). The van der Waals surface area contributed by atoms with Crippen molar-refractivity contribution < 1.29 is 14.7 Å². The van der Waals surface area contributed by atoms with E-state index in [9.17, 15) is 4.79 Å². The van der Waals surface area contributed by atoms with Crippen LogP contribution < -0.4 is 0 Å². The van der Waals surface area contributed by atoms with Crippen molar-refractivity contribution in [3.63, 3.8) is 0 Å². The van der Waals surface area contributed by atoms with Gasteiger partial charge in [0.2, 0.25) is 5.04 Å². The van der Waals surface area contributed by atoms with E-state index in [-0.39, 0.29) is 5.04 Å². The molecule has 0 aromatic carbocycles. The van der Waals surface area contributed by atoms with E-state index in [0.717, 1.165) is 11.8 Å². The Kier molecular flexibility index (Phi) is 4.74. The van der Waals surface area contributed by atoms with Crippen LogP contribution in [0.3, 0.4) is 0 Å². The summed E-state index contributed by atoms with van der Waals surface area (Å²) in [5.41, 5.74) is 0. The fraction of sp³-hybridized carbons (Fsp3) is 0.600. The number of hydrogen-bond donors (Lipinski definition) is 1. The predicted molar refractivity (Wildman–Crippen MR) is 39.4 cm³/mol. The van der Waals surface area contributed by atoms with Crippen LogP contribution >= 0.6 is 11.8 Å². The molecule has 0 radical (unpaired) electrons. The summed E-state index contributed by atoms with van der Waals surface area (Å²) in [6.07, 6.45) is 1.63. The molecule has 0 saturated heterocycles. The zero-order valence-electron chi connectivity index (χ0n) is 5.83. The highest BCUT2D eigenvalue weighted by molar-refractivity contribution is 8.15. The first kappa shape index (κ1) is 9.29. The highest BCUT2D eigenvalue weighted by Crippen LogP contribution is 1.99. The Labute approximate surface area is 63.2 Å². The Hall–Kier alpha value is -0.710. The van der Waals surface area contributed by atoms with E-state index in [1.165, 1.54) is 0 Å². The molecule has 5 heteroatoms. The molecule has 0 unspecified atom stereocenters. The van der Waals surface area contributed by atoms with Crippen LogP contribution in [-0.2, 0) is 9.53 Å². The minimum atomic E-state index is -0.586. The minimum Gasteiger partial charge on any atom is -0.461 e. The van der Waals surface area contributed by atoms with Gasteiger partial charge in [-0.05, 0) is 13.2 Å². The Morgan fingerprint density at radius 1 is 1.80 bits per heavy atom. The highest BCUT2D eigenvalue weighted by atomic mass is 32.2. The Morgan fingerprint density at radius 2 is 2.40 bits per heavy atom. The molecular weight excluding hydrogens is 154 g/mol. The van der Waals surface area contributed by atoms with Crippen molar-refractivity contribution in [2.45, 2.75) is 6.92 Å². The minimum absolute atomic E-state index is 0.0261. The standard InChI is InChI=1S/C5H9NO3S/c1-3-9-5(7)4(6-8)10-2/h8H,3H2,1-2H3/b6-4-. The number of nitrogens with zero attached hydrogens (tertiary/aromatic N) is 1. The number of carbonyl (C=O) groups is 1. The molecule has 0 spiro atoms. The van der Waals surface area contributed by atoms with E-state index in [1.807, 2.05) is 0 Å². The van der Waals surface area contributed by atoms with Crippen molar-refractivity contribution in [1.29, 1.82) is 0 Å². The smallest absolute Gasteiger partial charge is 0.367 e. The van der Waals surface area contributed by atoms with E-state index in [1.54, 1.807) is 13.2 Å². The first-order valence-electron chi connectivity index (χ1n) is 2.69. The maximum atomic E-state index is 10.7. The number of hydrogen-bond acceptors (Lipinski definition) is 5. The SMILES string of the molecule is CCOC(=O)/C(=N/O)SC. The van der Waals surface area contributed by atoms with Gasteiger partial charge in [-0.3, -0.25) is 0 Å². The first-order chi connectivity index (χ1) is 4.76. The van der Waals surface area contributed by atoms with E-state index < -0.39 is 5.97 Å². The second kappa shape index (κ2) is 5.10. The second-order valence-electron chi connectivity index (χ2n) is 1.33. The van der Waals surface area contributed by atoms with Gasteiger partial charge in [-0.15, -0.1) is 0 Å². The van der Waals surface area contributed by atoms with Gasteiger partial charge in [0, 0.05) is 0 Å². The summed E-state index contributed by atoms with van der Waals surface area (Å²) in [5.74, 6) is -0.586. The van der Waals surface area contributed by atoms with Gasteiger partial charge in [0.05, 0.1) is 6.61 Å². The lowest BCUT2D eigenvalue weighted by Gasteiger charge is -1.98. The molecule has 0 aromatic rings. The lowest BCUT2D eigenvalue weighted by Crippen LogP contribution is -2.13. The van der Waals surface area contributed by atoms with Gasteiger partial charge in [-0.1, -0.05) is 16.9 Å².